The summed E-state index contributed by atoms with van der Waals surface area (Å²) < 4.78 is 32.0. The molecule has 0 atom stereocenters. The Labute approximate surface area is 188 Å². The molecule has 0 aromatic heterocycles. The minimum absolute atomic E-state index is 0.0206. The van der Waals surface area contributed by atoms with E-state index in [0.29, 0.717) is 25.9 Å². The molecule has 0 spiro atoms. The number of nitro groups is 1. The molecule has 1 aliphatic rings. The highest BCUT2D eigenvalue weighted by Crippen LogP contribution is 2.30. The number of carbonyl (C=O) groups excluding carboxylic acids is 2. The fourth-order valence-electron chi connectivity index (χ4n) is 3.58. The number of sulfonamides is 1. The number of nitro benzene ring substituents is 1. The number of hydrogen-bond acceptors (Lipinski definition) is 7. The number of methoxy groups -OCH3 is 1. The Morgan fingerprint density at radius 3 is 2.28 bits per heavy atom. The van der Waals surface area contributed by atoms with Crippen molar-refractivity contribution < 1.29 is 27.7 Å². The van der Waals surface area contributed by atoms with Crippen LogP contribution < -0.4 is 4.74 Å². The molecule has 1 aliphatic heterocycles. The molecule has 0 radical (unpaired) electrons. The van der Waals surface area contributed by atoms with Crippen molar-refractivity contribution in [2.24, 2.45) is 0 Å². The Morgan fingerprint density at radius 2 is 1.75 bits per heavy atom. The number of ether oxygens (including phenoxy) is 1. The van der Waals surface area contributed by atoms with E-state index >= 15 is 0 Å². The van der Waals surface area contributed by atoms with Crippen LogP contribution in [0.2, 0.25) is 0 Å². The van der Waals surface area contributed by atoms with Crippen LogP contribution in [0.15, 0.2) is 23.1 Å². The molecule has 0 aliphatic carbocycles. The highest BCUT2D eigenvalue weighted by molar-refractivity contribution is 7.89. The number of benzene rings is 1. The van der Waals surface area contributed by atoms with E-state index in [9.17, 15) is 28.1 Å². The molecule has 1 aromatic rings. The van der Waals surface area contributed by atoms with Crippen molar-refractivity contribution in [3.8, 4) is 5.75 Å². The summed E-state index contributed by atoms with van der Waals surface area (Å²) in [6.07, 6.45) is 0.977. The lowest BCUT2D eigenvalue weighted by Crippen LogP contribution is -2.50. The van der Waals surface area contributed by atoms with Crippen molar-refractivity contribution in [1.82, 2.24) is 14.1 Å². The van der Waals surface area contributed by atoms with Gasteiger partial charge in [0.05, 0.1) is 16.9 Å². The van der Waals surface area contributed by atoms with Crippen molar-refractivity contribution >= 4 is 27.5 Å². The molecule has 32 heavy (non-hydrogen) atoms. The maximum absolute atomic E-state index is 12.9. The molecule has 0 saturated carbocycles. The fourth-order valence-corrected chi connectivity index (χ4v) is 5.03. The summed E-state index contributed by atoms with van der Waals surface area (Å²) in [6.45, 7) is 5.71. The van der Waals surface area contributed by atoms with E-state index in [4.69, 9.17) is 4.74 Å². The summed E-state index contributed by atoms with van der Waals surface area (Å²) >= 11 is 0. The van der Waals surface area contributed by atoms with Gasteiger partial charge in [0.25, 0.3) is 0 Å². The van der Waals surface area contributed by atoms with Crippen molar-refractivity contribution in [2.75, 3.05) is 46.4 Å². The van der Waals surface area contributed by atoms with Crippen LogP contribution in [0.25, 0.3) is 0 Å². The van der Waals surface area contributed by atoms with Gasteiger partial charge in [-0.15, -0.1) is 0 Å². The van der Waals surface area contributed by atoms with Gasteiger partial charge in [0.1, 0.15) is 0 Å². The van der Waals surface area contributed by atoms with Crippen LogP contribution in [0, 0.1) is 10.1 Å². The van der Waals surface area contributed by atoms with Gasteiger partial charge in [-0.2, -0.15) is 4.31 Å². The SMILES string of the molecule is CCN(CC)C(=O)CCCC(=O)N1CCN(S(=O)(=O)c2ccc(OC)c([N+](=O)[O-])c2)CC1. The minimum atomic E-state index is -3.95. The molecule has 2 rings (SSSR count). The zero-order chi connectivity index (χ0) is 23.9. The first-order valence-corrected chi connectivity index (χ1v) is 12.0. The lowest BCUT2D eigenvalue weighted by Gasteiger charge is -2.34. The van der Waals surface area contributed by atoms with Gasteiger partial charge in [0.2, 0.25) is 21.8 Å². The van der Waals surface area contributed by atoms with Crippen LogP contribution in [-0.4, -0.2) is 85.6 Å². The fraction of sp³-hybridized carbons (Fsp3) is 0.600. The molecule has 12 heteroatoms. The molecular formula is C20H30N4O7S. The van der Waals surface area contributed by atoms with Crippen LogP contribution in [0.5, 0.6) is 5.75 Å². The van der Waals surface area contributed by atoms with Crippen LogP contribution in [-0.2, 0) is 19.6 Å². The normalized spacial score (nSPS) is 14.8. The van der Waals surface area contributed by atoms with Gasteiger partial charge in [0.15, 0.2) is 5.75 Å². The van der Waals surface area contributed by atoms with Crippen molar-refractivity contribution in [2.45, 2.75) is 38.0 Å². The summed E-state index contributed by atoms with van der Waals surface area (Å²) in [5.41, 5.74) is -0.429. The third-order valence-electron chi connectivity index (χ3n) is 5.47. The third kappa shape index (κ3) is 5.94. The molecule has 0 N–H and O–H groups in total. The first-order valence-electron chi connectivity index (χ1n) is 10.5. The predicted octanol–water partition coefficient (Wildman–Crippen LogP) is 1.48. The van der Waals surface area contributed by atoms with E-state index in [0.717, 1.165) is 6.07 Å². The average molecular weight is 471 g/mol. The van der Waals surface area contributed by atoms with E-state index in [1.165, 1.54) is 23.5 Å². The van der Waals surface area contributed by atoms with Gasteiger partial charge in [0, 0.05) is 58.2 Å². The van der Waals surface area contributed by atoms with Crippen LogP contribution in [0.4, 0.5) is 5.69 Å². The van der Waals surface area contributed by atoms with E-state index in [1.807, 2.05) is 13.8 Å². The van der Waals surface area contributed by atoms with Gasteiger partial charge in [-0.25, -0.2) is 8.42 Å². The first kappa shape index (κ1) is 25.5. The van der Waals surface area contributed by atoms with Crippen molar-refractivity contribution in [3.63, 3.8) is 0 Å². The monoisotopic (exact) mass is 470 g/mol. The van der Waals surface area contributed by atoms with Gasteiger partial charge < -0.3 is 14.5 Å². The second-order valence-corrected chi connectivity index (χ2v) is 9.23. The number of amides is 2. The summed E-state index contributed by atoms with van der Waals surface area (Å²) in [5.74, 6) is -0.120. The summed E-state index contributed by atoms with van der Waals surface area (Å²) in [6, 6.07) is 3.51. The smallest absolute Gasteiger partial charge is 0.312 e. The van der Waals surface area contributed by atoms with Gasteiger partial charge in [-0.3, -0.25) is 19.7 Å². The Kier molecular flexibility index (Phi) is 8.96. The van der Waals surface area contributed by atoms with Crippen molar-refractivity contribution in [1.29, 1.82) is 0 Å². The molecule has 178 valence electrons. The summed E-state index contributed by atoms with van der Waals surface area (Å²) in [7, 11) is -2.68. The quantitative estimate of drug-likeness (QED) is 0.374. The lowest BCUT2D eigenvalue weighted by atomic mass is 10.2. The highest BCUT2D eigenvalue weighted by Gasteiger charge is 2.31. The second kappa shape index (κ2) is 11.2. The first-order chi connectivity index (χ1) is 15.1. The number of nitrogens with zero attached hydrogens (tertiary/aromatic N) is 4. The van der Waals surface area contributed by atoms with Gasteiger partial charge in [-0.1, -0.05) is 0 Å². The molecule has 1 aromatic carbocycles. The number of piperazine rings is 1. The van der Waals surface area contributed by atoms with Crippen LogP contribution in [0.3, 0.4) is 0 Å². The average Bonchev–Trinajstić information content (AvgIpc) is 2.79. The van der Waals surface area contributed by atoms with E-state index in [2.05, 4.69) is 0 Å². The standard InChI is InChI=1S/C20H30N4O7S/c1-4-21(5-2)19(25)7-6-8-20(26)22-11-13-23(14-12-22)32(29,30)16-9-10-18(31-3)17(15-16)24(27)28/h9-10,15H,4-8,11-14H2,1-3H3. The molecular weight excluding hydrogens is 440 g/mol. The largest absolute Gasteiger partial charge is 0.490 e. The zero-order valence-corrected chi connectivity index (χ0v) is 19.5. The number of hydrogen-bond donors (Lipinski definition) is 0. The summed E-state index contributed by atoms with van der Waals surface area (Å²) in [4.78, 5) is 38.1. The topological polar surface area (TPSA) is 130 Å². The van der Waals surface area contributed by atoms with Crippen molar-refractivity contribution in [3.05, 3.63) is 28.3 Å². The number of rotatable bonds is 10. The summed E-state index contributed by atoms with van der Waals surface area (Å²) in [5, 5.41) is 11.2. The van der Waals surface area contributed by atoms with Crippen LogP contribution in [0.1, 0.15) is 33.1 Å². The lowest BCUT2D eigenvalue weighted by molar-refractivity contribution is -0.386. The Morgan fingerprint density at radius 1 is 1.12 bits per heavy atom. The van der Waals surface area contributed by atoms with E-state index in [1.54, 1.807) is 9.80 Å². The molecule has 0 unspecified atom stereocenters. The minimum Gasteiger partial charge on any atom is -0.490 e. The van der Waals surface area contributed by atoms with E-state index in [-0.39, 0.29) is 55.1 Å². The molecule has 1 saturated heterocycles. The highest BCUT2D eigenvalue weighted by atomic mass is 32.2. The molecule has 1 heterocycles. The second-order valence-electron chi connectivity index (χ2n) is 7.30. The Bertz CT molecular complexity index is 939. The maximum Gasteiger partial charge on any atom is 0.312 e. The third-order valence-corrected chi connectivity index (χ3v) is 7.37. The molecule has 1 fully saturated rings. The number of carbonyl (C=O) groups is 2. The maximum atomic E-state index is 12.9. The Hall–Kier alpha value is -2.73. The van der Waals surface area contributed by atoms with Gasteiger partial charge in [-0.05, 0) is 32.4 Å². The van der Waals surface area contributed by atoms with Crippen LogP contribution >= 0.6 is 0 Å². The molecule has 0 bridgehead atoms. The van der Waals surface area contributed by atoms with Gasteiger partial charge >= 0.3 is 5.69 Å². The zero-order valence-electron chi connectivity index (χ0n) is 18.7. The molecule has 2 amide bonds. The predicted molar refractivity (Wildman–Crippen MR) is 117 cm³/mol. The molecule has 11 nitrogen and oxygen atoms in total. The Balaban J connectivity index is 1.94. The van der Waals surface area contributed by atoms with E-state index < -0.39 is 20.6 Å².